The van der Waals surface area contributed by atoms with Gasteiger partial charge in [0.25, 0.3) is 0 Å². The lowest BCUT2D eigenvalue weighted by molar-refractivity contribution is 0.951. The van der Waals surface area contributed by atoms with Crippen LogP contribution in [0.1, 0.15) is 24.0 Å². The Hall–Kier alpha value is -1.31. The van der Waals surface area contributed by atoms with E-state index in [9.17, 15) is 0 Å². The second-order valence-electron chi connectivity index (χ2n) is 3.94. The van der Waals surface area contributed by atoms with E-state index in [1.54, 1.807) is 0 Å². The summed E-state index contributed by atoms with van der Waals surface area (Å²) in [5.74, 6) is 0.766. The van der Waals surface area contributed by atoms with Gasteiger partial charge in [0.15, 0.2) is 0 Å². The topological polar surface area (TPSA) is 27.1 Å². The number of nitrogens with one attached hydrogen (secondary N) is 1. The number of benzene rings is 1. The highest BCUT2D eigenvalue weighted by Gasteiger charge is 2.20. The second kappa shape index (κ2) is 3.45. The third-order valence-corrected chi connectivity index (χ3v) is 2.83. The average molecular weight is 188 g/mol. The first-order chi connectivity index (χ1) is 6.70. The van der Waals surface area contributed by atoms with Gasteiger partial charge < -0.3 is 4.90 Å². The summed E-state index contributed by atoms with van der Waals surface area (Å²) in [6.45, 7) is 5.24. The van der Waals surface area contributed by atoms with Gasteiger partial charge in [-0.2, -0.15) is 0 Å². The normalized spacial score (nSPS) is 16.4. The summed E-state index contributed by atoms with van der Waals surface area (Å²) in [4.78, 5) is 2.14. The number of hydrogen-bond acceptors (Lipinski definition) is 1. The van der Waals surface area contributed by atoms with Crippen molar-refractivity contribution in [1.29, 1.82) is 5.41 Å². The van der Waals surface area contributed by atoms with Gasteiger partial charge in [0.2, 0.25) is 0 Å². The molecule has 1 fully saturated rings. The number of hydrogen-bond donors (Lipinski definition) is 1. The molecule has 2 nitrogen and oxygen atoms in total. The van der Waals surface area contributed by atoms with Crippen LogP contribution in [0, 0.1) is 19.3 Å². The molecule has 0 spiro atoms. The first kappa shape index (κ1) is 9.25. The molecule has 0 aliphatic carbocycles. The van der Waals surface area contributed by atoms with Gasteiger partial charge in [-0.3, -0.25) is 5.41 Å². The van der Waals surface area contributed by atoms with E-state index in [1.807, 2.05) is 0 Å². The van der Waals surface area contributed by atoms with Crippen LogP contribution >= 0.6 is 0 Å². The van der Waals surface area contributed by atoms with Crippen LogP contribution in [0.3, 0.4) is 0 Å². The molecule has 2 rings (SSSR count). The molecule has 0 amide bonds. The Morgan fingerprint density at radius 2 is 1.86 bits per heavy atom. The lowest BCUT2D eigenvalue weighted by Crippen LogP contribution is -2.24. The quantitative estimate of drug-likeness (QED) is 0.720. The van der Waals surface area contributed by atoms with Crippen molar-refractivity contribution in [3.63, 3.8) is 0 Å². The largest absolute Gasteiger partial charge is 0.330 e. The third-order valence-electron chi connectivity index (χ3n) is 2.83. The molecule has 0 aromatic heterocycles. The zero-order chi connectivity index (χ0) is 10.1. The van der Waals surface area contributed by atoms with Gasteiger partial charge in [0.05, 0.1) is 0 Å². The highest BCUT2D eigenvalue weighted by Crippen LogP contribution is 2.28. The van der Waals surface area contributed by atoms with E-state index in [1.165, 1.54) is 16.8 Å². The minimum Gasteiger partial charge on any atom is -0.330 e. The summed E-state index contributed by atoms with van der Waals surface area (Å²) in [6, 6.07) is 6.32. The van der Waals surface area contributed by atoms with Crippen LogP contribution in [-0.2, 0) is 0 Å². The molecule has 2 heteroatoms. The molecule has 74 valence electrons. The van der Waals surface area contributed by atoms with Crippen molar-refractivity contribution < 1.29 is 0 Å². The van der Waals surface area contributed by atoms with Crippen molar-refractivity contribution in [2.75, 3.05) is 11.4 Å². The van der Waals surface area contributed by atoms with Crippen molar-refractivity contribution >= 4 is 11.5 Å². The summed E-state index contributed by atoms with van der Waals surface area (Å²) >= 11 is 0. The third kappa shape index (κ3) is 1.41. The molecule has 1 aliphatic rings. The first-order valence-electron chi connectivity index (χ1n) is 5.11. The molecule has 1 aromatic carbocycles. The Morgan fingerprint density at radius 3 is 2.36 bits per heavy atom. The molecule has 0 unspecified atom stereocenters. The fraction of sp³-hybridized carbons (Fsp3) is 0.417. The van der Waals surface area contributed by atoms with Crippen LogP contribution in [0.25, 0.3) is 0 Å². The SMILES string of the molecule is Cc1cccc(C)c1N1CCCC1=N. The van der Waals surface area contributed by atoms with E-state index in [-0.39, 0.29) is 0 Å². The maximum Gasteiger partial charge on any atom is 0.100 e. The van der Waals surface area contributed by atoms with Crippen LogP contribution in [0.4, 0.5) is 5.69 Å². The van der Waals surface area contributed by atoms with Crippen LogP contribution in [0.2, 0.25) is 0 Å². The van der Waals surface area contributed by atoms with Crippen molar-refractivity contribution in [2.45, 2.75) is 26.7 Å². The summed E-state index contributed by atoms with van der Waals surface area (Å²) < 4.78 is 0. The smallest absolute Gasteiger partial charge is 0.100 e. The first-order valence-corrected chi connectivity index (χ1v) is 5.11. The molecule has 14 heavy (non-hydrogen) atoms. The predicted molar refractivity (Wildman–Crippen MR) is 60.2 cm³/mol. The summed E-state index contributed by atoms with van der Waals surface area (Å²) in [7, 11) is 0. The Balaban J connectivity index is 2.44. The van der Waals surface area contributed by atoms with Crippen LogP contribution in [0.15, 0.2) is 18.2 Å². The van der Waals surface area contributed by atoms with E-state index in [0.29, 0.717) is 0 Å². The fourth-order valence-electron chi connectivity index (χ4n) is 2.15. The Kier molecular flexibility index (Phi) is 2.28. The molecule has 0 bridgehead atoms. The highest BCUT2D eigenvalue weighted by molar-refractivity contribution is 5.98. The molecular formula is C12H16N2. The zero-order valence-electron chi connectivity index (χ0n) is 8.80. The number of anilines is 1. The molecule has 1 saturated heterocycles. The Bertz CT molecular complexity index is 348. The van der Waals surface area contributed by atoms with E-state index in [0.717, 1.165) is 25.2 Å². The summed E-state index contributed by atoms with van der Waals surface area (Å²) in [6.07, 6.45) is 2.04. The Labute approximate surface area is 85.1 Å². The van der Waals surface area contributed by atoms with E-state index in [2.05, 4.69) is 36.9 Å². The molecule has 0 atom stereocenters. The standard InChI is InChI=1S/C12H16N2/c1-9-5-3-6-10(2)12(9)14-8-4-7-11(14)13/h3,5-6,13H,4,7-8H2,1-2H3. The van der Waals surface area contributed by atoms with Gasteiger partial charge in [-0.15, -0.1) is 0 Å². The average Bonchev–Trinajstić information content (AvgIpc) is 2.52. The van der Waals surface area contributed by atoms with Gasteiger partial charge >= 0.3 is 0 Å². The molecule has 0 radical (unpaired) electrons. The van der Waals surface area contributed by atoms with Crippen molar-refractivity contribution in [3.8, 4) is 0 Å². The second-order valence-corrected chi connectivity index (χ2v) is 3.94. The van der Waals surface area contributed by atoms with Crippen molar-refractivity contribution in [2.24, 2.45) is 0 Å². The minimum absolute atomic E-state index is 0.766. The van der Waals surface area contributed by atoms with E-state index in [4.69, 9.17) is 5.41 Å². The van der Waals surface area contributed by atoms with Crippen LogP contribution in [0.5, 0.6) is 0 Å². The van der Waals surface area contributed by atoms with Gasteiger partial charge in [-0.25, -0.2) is 0 Å². The van der Waals surface area contributed by atoms with Crippen LogP contribution in [-0.4, -0.2) is 12.4 Å². The number of rotatable bonds is 1. The van der Waals surface area contributed by atoms with Gasteiger partial charge in [0, 0.05) is 18.7 Å². The predicted octanol–water partition coefficient (Wildman–Crippen LogP) is 2.88. The molecule has 1 aliphatic heterocycles. The maximum atomic E-state index is 7.86. The highest BCUT2D eigenvalue weighted by atomic mass is 15.2. The molecule has 0 saturated carbocycles. The number of amidine groups is 1. The van der Waals surface area contributed by atoms with Crippen molar-refractivity contribution in [3.05, 3.63) is 29.3 Å². The molecule has 1 aromatic rings. The lowest BCUT2D eigenvalue weighted by atomic mass is 10.1. The van der Waals surface area contributed by atoms with Crippen LogP contribution < -0.4 is 4.90 Å². The lowest BCUT2D eigenvalue weighted by Gasteiger charge is -2.22. The van der Waals surface area contributed by atoms with Gasteiger partial charge in [-0.1, -0.05) is 18.2 Å². The fourth-order valence-corrected chi connectivity index (χ4v) is 2.15. The molecule has 1 heterocycles. The maximum absolute atomic E-state index is 7.86. The van der Waals surface area contributed by atoms with Gasteiger partial charge in [0.1, 0.15) is 5.84 Å². The molecule has 1 N–H and O–H groups in total. The summed E-state index contributed by atoms with van der Waals surface area (Å²) in [5.41, 5.74) is 3.79. The number of aryl methyl sites for hydroxylation is 2. The van der Waals surface area contributed by atoms with Gasteiger partial charge in [-0.05, 0) is 31.4 Å². The number of nitrogens with zero attached hydrogens (tertiary/aromatic N) is 1. The zero-order valence-corrected chi connectivity index (χ0v) is 8.80. The van der Waals surface area contributed by atoms with Crippen molar-refractivity contribution in [1.82, 2.24) is 0 Å². The Morgan fingerprint density at radius 1 is 1.21 bits per heavy atom. The number of para-hydroxylation sites is 1. The summed E-state index contributed by atoms with van der Waals surface area (Å²) in [5, 5.41) is 7.86. The molecular weight excluding hydrogens is 172 g/mol. The van der Waals surface area contributed by atoms with E-state index >= 15 is 0 Å². The van der Waals surface area contributed by atoms with E-state index < -0.39 is 0 Å². The minimum atomic E-state index is 0.766. The monoisotopic (exact) mass is 188 g/mol.